The summed E-state index contributed by atoms with van der Waals surface area (Å²) >= 11 is 0. The van der Waals surface area contributed by atoms with Gasteiger partial charge in [-0.1, -0.05) is 0 Å². The minimum Gasteiger partial charge on any atom is -0.547 e. The smallest absolute Gasteiger partial charge is 0.547 e. The predicted octanol–water partition coefficient (Wildman–Crippen LogP) is -6.82. The van der Waals surface area contributed by atoms with Crippen molar-refractivity contribution < 1.29 is 41.0 Å². The van der Waals surface area contributed by atoms with Gasteiger partial charge in [0, 0.05) is 0 Å². The molecule has 0 aromatic carbocycles. The molecule has 0 spiro atoms. The first-order chi connectivity index (χ1) is 4.46. The fourth-order valence-electron chi connectivity index (χ4n) is 0.258. The van der Waals surface area contributed by atoms with E-state index >= 15 is 0 Å². The zero-order valence-corrected chi connectivity index (χ0v) is 8.60. The molecule has 6 N–H and O–H groups in total. The number of carboxylic acid groups (broad SMARTS) is 2. The quantitative estimate of drug-likeness (QED) is 0.448. The minimum absolute atomic E-state index is 0. The Morgan fingerprint density at radius 2 is 1.08 bits per heavy atom. The summed E-state index contributed by atoms with van der Waals surface area (Å²) in [5.74, 6) is -4.12. The van der Waals surface area contributed by atoms with E-state index in [1.165, 1.54) is 0 Å². The van der Waals surface area contributed by atoms with Gasteiger partial charge in [-0.15, -0.1) is 0 Å². The molecular formula is C4H8CaO8. The van der Waals surface area contributed by atoms with Crippen LogP contribution in [0.25, 0.3) is 0 Å². The maximum Gasteiger partial charge on any atom is 2.00 e. The summed E-state index contributed by atoms with van der Waals surface area (Å²) < 4.78 is 0. The Labute approximate surface area is 102 Å². The number of aliphatic hydroxyl groups excluding tert-OH is 2. The standard InChI is InChI=1S/C4H6O6.Ca.2H2O/c5-1(3(7)8)2(6)4(9)10;;;/h1-2,5-6H,(H,7,8)(H,9,10);;2*1H2/q;+2;;/p-2/t1-,2-;;;/m1.../s1. The van der Waals surface area contributed by atoms with Crippen LogP contribution in [-0.2, 0) is 9.59 Å². The van der Waals surface area contributed by atoms with Crippen molar-refractivity contribution in [3.63, 3.8) is 0 Å². The average molecular weight is 224 g/mol. The van der Waals surface area contributed by atoms with Crippen molar-refractivity contribution in [3.8, 4) is 0 Å². The van der Waals surface area contributed by atoms with Crippen LogP contribution in [0.15, 0.2) is 0 Å². The SMILES string of the molecule is O.O.O=C([O-])[C@H](O)[C@@H](O)C(=O)[O-].[Ca+2]. The first kappa shape index (κ1) is 23.1. The third-order valence-electron chi connectivity index (χ3n) is 0.782. The van der Waals surface area contributed by atoms with Crippen LogP contribution >= 0.6 is 0 Å². The van der Waals surface area contributed by atoms with Gasteiger partial charge in [-0.25, -0.2) is 0 Å². The summed E-state index contributed by atoms with van der Waals surface area (Å²) in [4.78, 5) is 19.3. The average Bonchev–Trinajstić information content (AvgIpc) is 1.84. The zero-order chi connectivity index (χ0) is 8.31. The molecular weight excluding hydrogens is 216 g/mol. The van der Waals surface area contributed by atoms with Crippen LogP contribution in [0.1, 0.15) is 0 Å². The number of aliphatic hydroxyl groups is 2. The number of hydrogen-bond acceptors (Lipinski definition) is 6. The largest absolute Gasteiger partial charge is 2.00 e. The van der Waals surface area contributed by atoms with Crippen molar-refractivity contribution >= 4 is 49.7 Å². The molecule has 13 heavy (non-hydrogen) atoms. The molecule has 0 rings (SSSR count). The molecule has 0 radical (unpaired) electrons. The molecule has 0 aliphatic heterocycles. The minimum atomic E-state index is -2.44. The van der Waals surface area contributed by atoms with Crippen LogP contribution in [0.2, 0.25) is 0 Å². The van der Waals surface area contributed by atoms with Gasteiger partial charge in [0.1, 0.15) is 12.2 Å². The molecule has 8 nitrogen and oxygen atoms in total. The van der Waals surface area contributed by atoms with E-state index in [0.717, 1.165) is 0 Å². The van der Waals surface area contributed by atoms with Crippen LogP contribution in [0.4, 0.5) is 0 Å². The Kier molecular flexibility index (Phi) is 18.0. The van der Waals surface area contributed by atoms with Crippen molar-refractivity contribution in [2.75, 3.05) is 0 Å². The fraction of sp³-hybridized carbons (Fsp3) is 0.500. The second kappa shape index (κ2) is 10.1. The van der Waals surface area contributed by atoms with E-state index in [2.05, 4.69) is 0 Å². The molecule has 2 atom stereocenters. The van der Waals surface area contributed by atoms with E-state index in [9.17, 15) is 19.8 Å². The van der Waals surface area contributed by atoms with Gasteiger partial charge in [0.25, 0.3) is 0 Å². The van der Waals surface area contributed by atoms with Gasteiger partial charge >= 0.3 is 37.7 Å². The molecule has 0 bridgehead atoms. The Morgan fingerprint density at radius 3 is 1.15 bits per heavy atom. The first-order valence-corrected chi connectivity index (χ1v) is 2.24. The van der Waals surface area contributed by atoms with Crippen molar-refractivity contribution in [2.45, 2.75) is 12.2 Å². The van der Waals surface area contributed by atoms with Crippen molar-refractivity contribution in [1.82, 2.24) is 0 Å². The van der Waals surface area contributed by atoms with E-state index < -0.39 is 24.1 Å². The van der Waals surface area contributed by atoms with E-state index in [1.54, 1.807) is 0 Å². The van der Waals surface area contributed by atoms with E-state index in [1.807, 2.05) is 0 Å². The van der Waals surface area contributed by atoms with Crippen molar-refractivity contribution in [3.05, 3.63) is 0 Å². The Morgan fingerprint density at radius 1 is 0.923 bits per heavy atom. The molecule has 0 unspecified atom stereocenters. The van der Waals surface area contributed by atoms with E-state index in [-0.39, 0.29) is 48.7 Å². The van der Waals surface area contributed by atoms with Gasteiger partial charge in [-0.05, 0) is 0 Å². The number of hydrogen-bond donors (Lipinski definition) is 2. The summed E-state index contributed by atoms with van der Waals surface area (Å²) in [7, 11) is 0. The molecule has 0 amide bonds. The monoisotopic (exact) mass is 224 g/mol. The maximum absolute atomic E-state index is 9.63. The van der Waals surface area contributed by atoms with Crippen molar-refractivity contribution in [2.24, 2.45) is 0 Å². The molecule has 0 aromatic heterocycles. The molecule has 74 valence electrons. The second-order valence-electron chi connectivity index (χ2n) is 1.53. The van der Waals surface area contributed by atoms with Crippen LogP contribution in [0, 0.1) is 0 Å². The van der Waals surface area contributed by atoms with Crippen LogP contribution < -0.4 is 10.2 Å². The predicted molar refractivity (Wildman–Crippen MR) is 35.0 cm³/mol. The molecule has 9 heteroatoms. The van der Waals surface area contributed by atoms with Gasteiger partial charge in [0.05, 0.1) is 11.9 Å². The van der Waals surface area contributed by atoms with Gasteiger partial charge in [-0.3, -0.25) is 0 Å². The molecule has 0 aliphatic rings. The number of carboxylic acids is 2. The first-order valence-electron chi connectivity index (χ1n) is 2.24. The fourth-order valence-corrected chi connectivity index (χ4v) is 0.258. The molecule has 0 heterocycles. The van der Waals surface area contributed by atoms with Crippen LogP contribution in [0.3, 0.4) is 0 Å². The number of rotatable bonds is 3. The van der Waals surface area contributed by atoms with Gasteiger partial charge in [-0.2, -0.15) is 0 Å². The molecule has 0 aromatic rings. The second-order valence-corrected chi connectivity index (χ2v) is 1.53. The maximum atomic E-state index is 9.63. The molecule has 0 fully saturated rings. The number of aliphatic carboxylic acids is 2. The van der Waals surface area contributed by atoms with E-state index in [0.29, 0.717) is 0 Å². The zero-order valence-electron chi connectivity index (χ0n) is 6.39. The number of carbonyl (C=O) groups is 2. The summed E-state index contributed by atoms with van der Waals surface area (Å²) in [6, 6.07) is 0. The Bertz CT molecular complexity index is 140. The summed E-state index contributed by atoms with van der Waals surface area (Å²) in [5, 5.41) is 35.7. The van der Waals surface area contributed by atoms with Gasteiger partial charge < -0.3 is 41.0 Å². The number of carbonyl (C=O) groups excluding carboxylic acids is 2. The normalized spacial score (nSPS) is 12.2. The van der Waals surface area contributed by atoms with E-state index in [4.69, 9.17) is 10.2 Å². The van der Waals surface area contributed by atoms with Crippen LogP contribution in [-0.4, -0.2) is 83.1 Å². The summed E-state index contributed by atoms with van der Waals surface area (Å²) in [6.45, 7) is 0. The molecule has 0 saturated heterocycles. The van der Waals surface area contributed by atoms with Gasteiger partial charge in [0.2, 0.25) is 0 Å². The molecule has 0 saturated carbocycles. The molecule has 0 aliphatic carbocycles. The summed E-state index contributed by atoms with van der Waals surface area (Å²) in [5.41, 5.74) is 0. The van der Waals surface area contributed by atoms with Crippen LogP contribution in [0.5, 0.6) is 0 Å². The third-order valence-corrected chi connectivity index (χ3v) is 0.782. The van der Waals surface area contributed by atoms with Crippen molar-refractivity contribution in [1.29, 1.82) is 0 Å². The Hall–Kier alpha value is 0.0397. The Balaban J connectivity index is -0.000000135. The third kappa shape index (κ3) is 8.37. The van der Waals surface area contributed by atoms with Gasteiger partial charge in [0.15, 0.2) is 0 Å². The summed E-state index contributed by atoms with van der Waals surface area (Å²) in [6.07, 6.45) is -4.88. The topological polar surface area (TPSA) is 184 Å².